The Morgan fingerprint density at radius 3 is 2.54 bits per heavy atom. The van der Waals surface area contributed by atoms with Crippen LogP contribution in [-0.2, 0) is 22.5 Å². The van der Waals surface area contributed by atoms with E-state index in [0.29, 0.717) is 18.8 Å². The van der Waals surface area contributed by atoms with Crippen LogP contribution in [0.1, 0.15) is 33.5 Å². The second-order valence-electron chi connectivity index (χ2n) is 8.34. The molecule has 204 valence electrons. The van der Waals surface area contributed by atoms with Gasteiger partial charge in [-0.25, -0.2) is 18.9 Å². The lowest BCUT2D eigenvalue weighted by molar-refractivity contribution is -0.192. The summed E-state index contributed by atoms with van der Waals surface area (Å²) < 4.78 is 54.3. The lowest BCUT2D eigenvalue weighted by Crippen LogP contribution is -2.32. The average molecular weight is 546 g/mol. The highest BCUT2D eigenvalue weighted by Crippen LogP contribution is 2.25. The monoisotopic (exact) mass is 546 g/mol. The van der Waals surface area contributed by atoms with Crippen molar-refractivity contribution in [2.24, 2.45) is 0 Å². The fraction of sp³-hybridized carbons (Fsp3) is 0.240. The van der Waals surface area contributed by atoms with Crippen LogP contribution in [0, 0.1) is 5.82 Å². The number of hydrogen-bond donors (Lipinski definition) is 2. The Balaban J connectivity index is 0.000000448. The fourth-order valence-electron chi connectivity index (χ4n) is 3.71. The molecule has 0 saturated carbocycles. The molecule has 1 aliphatic rings. The maximum Gasteiger partial charge on any atom is 0.490 e. The number of carboxylic acids is 1. The highest BCUT2D eigenvalue weighted by molar-refractivity contribution is 5.90. The molecule has 2 aromatic heterocycles. The Bertz CT molecular complexity index is 1440. The predicted octanol–water partition coefficient (Wildman–Crippen LogP) is 3.33. The van der Waals surface area contributed by atoms with Crippen LogP contribution < -0.4 is 5.32 Å². The van der Waals surface area contributed by atoms with E-state index in [1.165, 1.54) is 23.1 Å². The third-order valence-electron chi connectivity index (χ3n) is 5.51. The van der Waals surface area contributed by atoms with Crippen LogP contribution in [0.2, 0.25) is 0 Å². The van der Waals surface area contributed by atoms with Crippen molar-refractivity contribution >= 4 is 11.9 Å². The molecule has 4 aromatic rings. The third-order valence-corrected chi connectivity index (χ3v) is 5.51. The molecule has 0 radical (unpaired) electrons. The number of hydrogen-bond acceptors (Lipinski definition) is 6. The first-order chi connectivity index (χ1) is 18.6. The molecule has 2 aromatic carbocycles. The standard InChI is InChI=1S/C23H21FN6O2.C2HF3O2/c24-18-7-4-8-19(11-18)30-15-26-22(28-30)23(31)25-12-20-21-17(9-10-32-20)14-29(27-21)13-16-5-2-1-3-6-16;3-2(4,5)1(6)7/h1-8,11,14-15,20H,9-10,12-13H2,(H,25,31);(H,6,7). The van der Waals surface area contributed by atoms with Crippen LogP contribution in [0.4, 0.5) is 17.6 Å². The number of rotatable bonds is 6. The SMILES string of the molecule is O=C(NCC1OCCc2cn(Cc3ccccc3)nc21)c1ncn(-c2cccc(F)c2)n1.O=C(O)C(F)(F)F. The molecule has 1 aliphatic heterocycles. The molecule has 0 aliphatic carbocycles. The van der Waals surface area contributed by atoms with Crippen LogP contribution >= 0.6 is 0 Å². The summed E-state index contributed by atoms with van der Waals surface area (Å²) >= 11 is 0. The number of aromatic nitrogens is 5. The highest BCUT2D eigenvalue weighted by Gasteiger charge is 2.38. The summed E-state index contributed by atoms with van der Waals surface area (Å²) in [7, 11) is 0. The number of ether oxygens (including phenoxy) is 1. The Morgan fingerprint density at radius 2 is 1.85 bits per heavy atom. The van der Waals surface area contributed by atoms with Gasteiger partial charge < -0.3 is 15.2 Å². The van der Waals surface area contributed by atoms with Gasteiger partial charge in [0.25, 0.3) is 5.91 Å². The second kappa shape index (κ2) is 11.9. The summed E-state index contributed by atoms with van der Waals surface area (Å²) in [4.78, 5) is 25.5. The number of nitrogens with one attached hydrogen (secondary N) is 1. The van der Waals surface area contributed by atoms with Crippen LogP contribution in [-0.4, -0.2) is 60.9 Å². The molecule has 14 heteroatoms. The molecule has 10 nitrogen and oxygen atoms in total. The summed E-state index contributed by atoms with van der Waals surface area (Å²) in [6.45, 7) is 1.49. The molecule has 0 fully saturated rings. The first-order valence-electron chi connectivity index (χ1n) is 11.6. The Hall–Kier alpha value is -4.59. The van der Waals surface area contributed by atoms with Crippen molar-refractivity contribution in [1.82, 2.24) is 29.9 Å². The van der Waals surface area contributed by atoms with E-state index in [-0.39, 0.29) is 24.3 Å². The number of fused-ring (bicyclic) bond motifs is 1. The molecular formula is C25H22F4N6O4. The molecule has 2 N–H and O–H groups in total. The molecule has 5 rings (SSSR count). The molecule has 1 amide bonds. The molecule has 1 unspecified atom stereocenters. The van der Waals surface area contributed by atoms with E-state index in [1.54, 1.807) is 12.1 Å². The van der Waals surface area contributed by atoms with E-state index >= 15 is 0 Å². The van der Waals surface area contributed by atoms with Gasteiger partial charge in [-0.05, 0) is 35.7 Å². The number of halogens is 4. The fourth-order valence-corrected chi connectivity index (χ4v) is 3.71. The summed E-state index contributed by atoms with van der Waals surface area (Å²) in [5.41, 5.74) is 3.62. The van der Waals surface area contributed by atoms with Gasteiger partial charge in [0.2, 0.25) is 5.82 Å². The lowest BCUT2D eigenvalue weighted by Gasteiger charge is -2.21. The minimum Gasteiger partial charge on any atom is -0.475 e. The van der Waals surface area contributed by atoms with E-state index in [4.69, 9.17) is 19.7 Å². The zero-order chi connectivity index (χ0) is 28.0. The Morgan fingerprint density at radius 1 is 1.10 bits per heavy atom. The van der Waals surface area contributed by atoms with Crippen LogP contribution in [0.25, 0.3) is 5.69 Å². The Labute approximate surface area is 218 Å². The third kappa shape index (κ3) is 7.25. The summed E-state index contributed by atoms with van der Waals surface area (Å²) in [5.74, 6) is -3.58. The maximum atomic E-state index is 13.4. The number of carbonyl (C=O) groups is 2. The van der Waals surface area contributed by atoms with Crippen molar-refractivity contribution < 1.29 is 37.0 Å². The minimum atomic E-state index is -5.08. The number of amides is 1. The van der Waals surface area contributed by atoms with Crippen molar-refractivity contribution in [2.75, 3.05) is 13.2 Å². The van der Waals surface area contributed by atoms with Gasteiger partial charge in [-0.2, -0.15) is 18.3 Å². The van der Waals surface area contributed by atoms with Crippen molar-refractivity contribution in [3.63, 3.8) is 0 Å². The van der Waals surface area contributed by atoms with Gasteiger partial charge in [-0.3, -0.25) is 9.48 Å². The number of carboxylic acid groups (broad SMARTS) is 1. The molecule has 3 heterocycles. The van der Waals surface area contributed by atoms with E-state index in [9.17, 15) is 22.4 Å². The summed E-state index contributed by atoms with van der Waals surface area (Å²) in [6, 6.07) is 16.0. The van der Waals surface area contributed by atoms with Gasteiger partial charge in [-0.15, -0.1) is 5.10 Å². The van der Waals surface area contributed by atoms with Crippen molar-refractivity contribution in [3.05, 3.63) is 95.6 Å². The van der Waals surface area contributed by atoms with E-state index < -0.39 is 18.1 Å². The number of alkyl halides is 3. The zero-order valence-corrected chi connectivity index (χ0v) is 20.2. The zero-order valence-electron chi connectivity index (χ0n) is 20.2. The number of benzene rings is 2. The normalized spacial score (nSPS) is 14.6. The predicted molar refractivity (Wildman–Crippen MR) is 128 cm³/mol. The smallest absolute Gasteiger partial charge is 0.475 e. The molecule has 0 bridgehead atoms. The van der Waals surface area contributed by atoms with Gasteiger partial charge >= 0.3 is 12.1 Å². The van der Waals surface area contributed by atoms with Gasteiger partial charge in [0.1, 0.15) is 18.2 Å². The summed E-state index contributed by atoms with van der Waals surface area (Å²) in [5, 5.41) is 18.8. The quantitative estimate of drug-likeness (QED) is 0.356. The Kier molecular flexibility index (Phi) is 8.34. The number of aliphatic carboxylic acids is 1. The highest BCUT2D eigenvalue weighted by atomic mass is 19.4. The van der Waals surface area contributed by atoms with E-state index in [2.05, 4.69) is 27.5 Å². The van der Waals surface area contributed by atoms with Gasteiger partial charge in [0.15, 0.2) is 0 Å². The van der Waals surface area contributed by atoms with Gasteiger partial charge in [-0.1, -0.05) is 36.4 Å². The summed E-state index contributed by atoms with van der Waals surface area (Å²) in [6.07, 6.45) is -1.22. The molecule has 0 saturated heterocycles. The largest absolute Gasteiger partial charge is 0.490 e. The second-order valence-corrected chi connectivity index (χ2v) is 8.34. The first-order valence-corrected chi connectivity index (χ1v) is 11.6. The average Bonchev–Trinajstić information content (AvgIpc) is 3.55. The van der Waals surface area contributed by atoms with Crippen molar-refractivity contribution in [3.8, 4) is 5.69 Å². The molecular weight excluding hydrogens is 524 g/mol. The first kappa shape index (κ1) is 27.4. The van der Waals surface area contributed by atoms with Gasteiger partial charge in [0, 0.05) is 12.7 Å². The van der Waals surface area contributed by atoms with Gasteiger partial charge in [0.05, 0.1) is 24.5 Å². The molecule has 0 spiro atoms. The number of carbonyl (C=O) groups excluding carboxylic acids is 1. The maximum absolute atomic E-state index is 13.4. The number of nitrogens with zero attached hydrogens (tertiary/aromatic N) is 5. The van der Waals surface area contributed by atoms with E-state index in [0.717, 1.165) is 23.2 Å². The minimum absolute atomic E-state index is 0.0000916. The van der Waals surface area contributed by atoms with E-state index in [1.807, 2.05) is 29.1 Å². The molecule has 1 atom stereocenters. The molecule has 39 heavy (non-hydrogen) atoms. The van der Waals surface area contributed by atoms with Crippen LogP contribution in [0.15, 0.2) is 67.1 Å². The van der Waals surface area contributed by atoms with Crippen LogP contribution in [0.5, 0.6) is 0 Å². The van der Waals surface area contributed by atoms with Crippen LogP contribution in [0.3, 0.4) is 0 Å². The lowest BCUT2D eigenvalue weighted by atomic mass is 10.1. The van der Waals surface area contributed by atoms with Crippen molar-refractivity contribution in [2.45, 2.75) is 25.2 Å². The van der Waals surface area contributed by atoms with Crippen molar-refractivity contribution in [1.29, 1.82) is 0 Å². The topological polar surface area (TPSA) is 124 Å².